The molecule has 0 aliphatic heterocycles. The number of thiol groups is 1. The molecule has 3 amide bonds. The number of carboxylic acids is 2. The van der Waals surface area contributed by atoms with E-state index in [-0.39, 0.29) is 18.6 Å². The summed E-state index contributed by atoms with van der Waals surface area (Å²) in [6.07, 6.45) is 1.25. The number of amides is 3. The average Bonchev–Trinajstić information content (AvgIpc) is 2.64. The first-order valence-corrected chi connectivity index (χ1v) is 10.8. The average molecular weight is 453 g/mol. The standard InChI is InChI=1S/C16H28N4O7S2/c1-8(17)13(23)20-11(7-28)15(25)18-9(5-6-29-2)14(24)19-10(16(26)27)3-4-12(21)22/h8-11,28H,3-7,17H2,1-2H3,(H,18,25)(H,19,24)(H,20,23)(H,21,22)(H,26,27). The fourth-order valence-electron chi connectivity index (χ4n) is 2.07. The molecule has 0 aromatic heterocycles. The van der Waals surface area contributed by atoms with E-state index < -0.39 is 60.2 Å². The molecule has 0 aliphatic rings. The maximum Gasteiger partial charge on any atom is 0.326 e. The van der Waals surface area contributed by atoms with Gasteiger partial charge >= 0.3 is 11.9 Å². The third-order valence-electron chi connectivity index (χ3n) is 3.73. The second-order valence-electron chi connectivity index (χ2n) is 6.21. The van der Waals surface area contributed by atoms with E-state index in [4.69, 9.17) is 10.8 Å². The number of aliphatic carboxylic acids is 2. The normalized spacial score (nSPS) is 14.8. The molecule has 11 nitrogen and oxygen atoms in total. The van der Waals surface area contributed by atoms with Gasteiger partial charge < -0.3 is 31.9 Å². The minimum absolute atomic E-state index is 0.0441. The Morgan fingerprint density at radius 2 is 1.45 bits per heavy atom. The monoisotopic (exact) mass is 452 g/mol. The Labute approximate surface area is 178 Å². The minimum atomic E-state index is -1.41. The molecule has 0 aromatic rings. The molecular weight excluding hydrogens is 424 g/mol. The highest BCUT2D eigenvalue weighted by atomic mass is 32.2. The van der Waals surface area contributed by atoms with Gasteiger partial charge in [-0.3, -0.25) is 19.2 Å². The number of nitrogens with one attached hydrogen (secondary N) is 3. The highest BCUT2D eigenvalue weighted by Gasteiger charge is 2.29. The van der Waals surface area contributed by atoms with Crippen LogP contribution in [0.1, 0.15) is 26.2 Å². The maximum atomic E-state index is 12.5. The minimum Gasteiger partial charge on any atom is -0.481 e. The van der Waals surface area contributed by atoms with Gasteiger partial charge in [-0.2, -0.15) is 24.4 Å². The van der Waals surface area contributed by atoms with Crippen LogP contribution in [0.25, 0.3) is 0 Å². The van der Waals surface area contributed by atoms with Crippen LogP contribution in [-0.4, -0.2) is 81.8 Å². The van der Waals surface area contributed by atoms with Gasteiger partial charge in [0.05, 0.1) is 6.04 Å². The van der Waals surface area contributed by atoms with Gasteiger partial charge in [0.1, 0.15) is 18.1 Å². The van der Waals surface area contributed by atoms with Gasteiger partial charge in [-0.1, -0.05) is 0 Å². The number of nitrogens with two attached hydrogens (primary N) is 1. The van der Waals surface area contributed by atoms with E-state index in [0.29, 0.717) is 5.75 Å². The highest BCUT2D eigenvalue weighted by molar-refractivity contribution is 7.98. The van der Waals surface area contributed by atoms with Gasteiger partial charge in [-0.05, 0) is 31.8 Å². The summed E-state index contributed by atoms with van der Waals surface area (Å²) in [6.45, 7) is 1.45. The number of carbonyl (C=O) groups excluding carboxylic acids is 3. The predicted molar refractivity (Wildman–Crippen MR) is 111 cm³/mol. The quantitative estimate of drug-likeness (QED) is 0.153. The van der Waals surface area contributed by atoms with Crippen molar-refractivity contribution < 1.29 is 34.2 Å². The number of carbonyl (C=O) groups is 5. The van der Waals surface area contributed by atoms with Gasteiger partial charge in [0.2, 0.25) is 17.7 Å². The largest absolute Gasteiger partial charge is 0.481 e. The van der Waals surface area contributed by atoms with Crippen molar-refractivity contribution in [3.63, 3.8) is 0 Å². The van der Waals surface area contributed by atoms with Crippen LogP contribution in [0.15, 0.2) is 0 Å². The zero-order valence-electron chi connectivity index (χ0n) is 16.2. The Hall–Kier alpha value is -1.99. The summed E-state index contributed by atoms with van der Waals surface area (Å²) in [6, 6.07) is -4.36. The van der Waals surface area contributed by atoms with Gasteiger partial charge in [-0.15, -0.1) is 0 Å². The van der Waals surface area contributed by atoms with Gasteiger partial charge in [0.15, 0.2) is 0 Å². The van der Waals surface area contributed by atoms with Crippen LogP contribution < -0.4 is 21.7 Å². The lowest BCUT2D eigenvalue weighted by Gasteiger charge is -2.24. The van der Waals surface area contributed by atoms with E-state index in [1.807, 2.05) is 0 Å². The molecule has 0 spiro atoms. The van der Waals surface area contributed by atoms with Crippen LogP contribution in [0.2, 0.25) is 0 Å². The molecule has 0 bridgehead atoms. The van der Waals surface area contributed by atoms with Crippen LogP contribution in [0.5, 0.6) is 0 Å². The third kappa shape index (κ3) is 10.9. The van der Waals surface area contributed by atoms with Crippen molar-refractivity contribution in [3.8, 4) is 0 Å². The summed E-state index contributed by atoms with van der Waals surface area (Å²) in [4.78, 5) is 58.6. The Balaban J connectivity index is 5.17. The first kappa shape index (κ1) is 27.0. The molecule has 0 saturated carbocycles. The molecule has 0 fully saturated rings. The van der Waals surface area contributed by atoms with Crippen LogP contribution >= 0.6 is 24.4 Å². The summed E-state index contributed by atoms with van der Waals surface area (Å²) >= 11 is 5.43. The molecule has 29 heavy (non-hydrogen) atoms. The Bertz CT molecular complexity index is 604. The second kappa shape index (κ2) is 14.1. The first-order valence-electron chi connectivity index (χ1n) is 8.74. The Kier molecular flexibility index (Phi) is 13.1. The highest BCUT2D eigenvalue weighted by Crippen LogP contribution is 2.05. The first-order chi connectivity index (χ1) is 13.5. The van der Waals surface area contributed by atoms with E-state index in [1.165, 1.54) is 18.7 Å². The van der Waals surface area contributed by atoms with Gasteiger partial charge in [0, 0.05) is 12.2 Å². The van der Waals surface area contributed by atoms with Crippen molar-refractivity contribution in [1.29, 1.82) is 0 Å². The van der Waals surface area contributed by atoms with Gasteiger partial charge in [0.25, 0.3) is 0 Å². The van der Waals surface area contributed by atoms with Crippen LogP contribution in [0.4, 0.5) is 0 Å². The van der Waals surface area contributed by atoms with Crippen LogP contribution in [-0.2, 0) is 24.0 Å². The lowest BCUT2D eigenvalue weighted by Crippen LogP contribution is -2.57. The van der Waals surface area contributed by atoms with E-state index in [1.54, 1.807) is 6.26 Å². The summed E-state index contributed by atoms with van der Waals surface area (Å²) in [5, 5.41) is 25.0. The predicted octanol–water partition coefficient (Wildman–Crippen LogP) is -1.58. The van der Waals surface area contributed by atoms with E-state index in [2.05, 4.69) is 28.6 Å². The molecule has 0 aliphatic carbocycles. The van der Waals surface area contributed by atoms with E-state index >= 15 is 0 Å². The smallest absolute Gasteiger partial charge is 0.326 e. The second-order valence-corrected chi connectivity index (χ2v) is 7.56. The summed E-state index contributed by atoms with van der Waals surface area (Å²) in [7, 11) is 0. The van der Waals surface area contributed by atoms with E-state index in [0.717, 1.165) is 0 Å². The van der Waals surface area contributed by atoms with Crippen molar-refractivity contribution in [3.05, 3.63) is 0 Å². The summed E-state index contributed by atoms with van der Waals surface area (Å²) in [5.41, 5.74) is 5.45. The van der Waals surface area contributed by atoms with Crippen LogP contribution in [0.3, 0.4) is 0 Å². The number of thioether (sulfide) groups is 1. The van der Waals surface area contributed by atoms with E-state index in [9.17, 15) is 29.1 Å². The molecule has 0 aromatic carbocycles. The van der Waals surface area contributed by atoms with Crippen LogP contribution in [0, 0.1) is 0 Å². The molecule has 0 radical (unpaired) electrons. The van der Waals surface area contributed by atoms with Crippen molar-refractivity contribution in [2.45, 2.75) is 50.4 Å². The molecule has 0 rings (SSSR count). The fourth-order valence-corrected chi connectivity index (χ4v) is 2.80. The Morgan fingerprint density at radius 1 is 0.931 bits per heavy atom. The summed E-state index contributed by atoms with van der Waals surface area (Å²) < 4.78 is 0. The Morgan fingerprint density at radius 3 is 1.90 bits per heavy atom. The lowest BCUT2D eigenvalue weighted by molar-refractivity contribution is -0.143. The summed E-state index contributed by atoms with van der Waals surface area (Å²) in [5.74, 6) is -4.13. The molecule has 0 saturated heterocycles. The molecule has 13 heteroatoms. The molecule has 4 unspecified atom stereocenters. The molecule has 7 N–H and O–H groups in total. The zero-order valence-corrected chi connectivity index (χ0v) is 17.9. The molecule has 0 heterocycles. The maximum absolute atomic E-state index is 12.5. The SMILES string of the molecule is CSCCC(NC(=O)C(CS)NC(=O)C(C)N)C(=O)NC(CCC(=O)O)C(=O)O. The van der Waals surface area contributed by atoms with Crippen molar-refractivity contribution in [2.24, 2.45) is 5.73 Å². The molecule has 166 valence electrons. The topological polar surface area (TPSA) is 188 Å². The van der Waals surface area contributed by atoms with Crippen molar-refractivity contribution >= 4 is 54.1 Å². The number of carboxylic acid groups (broad SMARTS) is 2. The number of rotatable bonds is 14. The third-order valence-corrected chi connectivity index (χ3v) is 4.74. The van der Waals surface area contributed by atoms with Gasteiger partial charge in [-0.25, -0.2) is 4.79 Å². The molecular formula is C16H28N4O7S2. The van der Waals surface area contributed by atoms with Crippen molar-refractivity contribution in [2.75, 3.05) is 17.8 Å². The zero-order chi connectivity index (χ0) is 22.6. The number of hydrogen-bond acceptors (Lipinski definition) is 8. The molecule has 4 atom stereocenters. The van der Waals surface area contributed by atoms with Crippen molar-refractivity contribution in [1.82, 2.24) is 16.0 Å². The lowest BCUT2D eigenvalue weighted by atomic mass is 10.1. The fraction of sp³-hybridized carbons (Fsp3) is 0.688. The number of hydrogen-bond donors (Lipinski definition) is 7.